The maximum Gasteiger partial charge on any atom is 0.243 e. The van der Waals surface area contributed by atoms with Gasteiger partial charge in [-0.3, -0.25) is 4.57 Å². The predicted octanol–water partition coefficient (Wildman–Crippen LogP) is 4.96. The molecule has 3 aromatic rings. The Hall–Kier alpha value is -2.87. The number of anilines is 1. The second-order valence-corrected chi connectivity index (χ2v) is 20.3. The van der Waals surface area contributed by atoms with E-state index < -0.39 is 29.5 Å². The number of methoxy groups -OCH3 is 1. The van der Waals surface area contributed by atoms with Crippen molar-refractivity contribution < 1.29 is 22.6 Å². The second kappa shape index (κ2) is 12.8. The van der Waals surface area contributed by atoms with Crippen molar-refractivity contribution in [2.75, 3.05) is 31.2 Å². The van der Waals surface area contributed by atoms with E-state index in [9.17, 15) is 8.42 Å². The number of hydrogen-bond donors (Lipinski definition) is 0. The first-order valence-corrected chi connectivity index (χ1v) is 19.6. The lowest BCUT2D eigenvalue weighted by atomic mass is 10.1. The topological polar surface area (TPSA) is 122 Å². The smallest absolute Gasteiger partial charge is 0.243 e. The van der Waals surface area contributed by atoms with Gasteiger partial charge >= 0.3 is 0 Å². The van der Waals surface area contributed by atoms with E-state index in [2.05, 4.69) is 39.8 Å². The average Bonchev–Trinajstić information content (AvgIpc) is 3.27. The van der Waals surface area contributed by atoms with Crippen molar-refractivity contribution in [2.45, 2.75) is 83.8 Å². The number of aromatic nitrogens is 5. The van der Waals surface area contributed by atoms with Crippen LogP contribution in [0.15, 0.2) is 30.6 Å². The van der Waals surface area contributed by atoms with Crippen LogP contribution in [-0.2, 0) is 19.5 Å². The van der Waals surface area contributed by atoms with Crippen LogP contribution in [0.4, 0.5) is 5.95 Å². The first-order valence-electron chi connectivity index (χ1n) is 14.4. The van der Waals surface area contributed by atoms with Crippen LogP contribution >= 0.6 is 0 Å². The maximum absolute atomic E-state index is 14.7. The molecule has 0 fully saturated rings. The highest BCUT2D eigenvalue weighted by Gasteiger charge is 2.42. The molecule has 0 saturated heterocycles. The molecule has 0 bridgehead atoms. The van der Waals surface area contributed by atoms with Gasteiger partial charge in [0.05, 0.1) is 24.3 Å². The third-order valence-electron chi connectivity index (χ3n) is 7.17. The Balaban J connectivity index is 1.88. The first kappa shape index (κ1) is 32.0. The van der Waals surface area contributed by atoms with Crippen LogP contribution < -0.4 is 9.04 Å². The molecule has 13 heteroatoms. The molecule has 0 N–H and O–H groups in total. The highest BCUT2D eigenvalue weighted by Crippen LogP contribution is 2.39. The van der Waals surface area contributed by atoms with Crippen LogP contribution in [0.25, 0.3) is 11.4 Å². The Morgan fingerprint density at radius 3 is 2.40 bits per heavy atom. The van der Waals surface area contributed by atoms with Gasteiger partial charge in [-0.2, -0.15) is 0 Å². The highest BCUT2D eigenvalue weighted by molar-refractivity contribution is 7.93. The summed E-state index contributed by atoms with van der Waals surface area (Å²) in [6.07, 6.45) is 2.21. The summed E-state index contributed by atoms with van der Waals surface area (Å²) in [5.74, 6) is 1.78. The standard InChI is InChI=1S/C29H44N6O5SSi/c1-19(2)40-26(27-30-15-21(4)16-31-27)22(5)41(36,37)34(12-13-42(7,8)9)29-33-32-28-24-14-20(3)10-11-25(24)39-18-23(17-38-6)35(28)29/h10-11,14-16,19,22-23,26H,12-13,17-18H2,1-9H3/t22-,23+,26+/m0/s1. The fourth-order valence-electron chi connectivity index (χ4n) is 4.85. The molecule has 0 spiro atoms. The first-order chi connectivity index (χ1) is 19.7. The predicted molar refractivity (Wildman–Crippen MR) is 166 cm³/mol. The number of sulfonamides is 1. The van der Waals surface area contributed by atoms with Crippen molar-refractivity contribution in [1.82, 2.24) is 24.7 Å². The van der Waals surface area contributed by atoms with Gasteiger partial charge in [-0.05, 0) is 58.4 Å². The van der Waals surface area contributed by atoms with Gasteiger partial charge in [0.15, 0.2) is 11.6 Å². The second-order valence-electron chi connectivity index (χ2n) is 12.5. The molecule has 42 heavy (non-hydrogen) atoms. The Morgan fingerprint density at radius 1 is 1.10 bits per heavy atom. The maximum atomic E-state index is 14.7. The molecule has 3 atom stereocenters. The summed E-state index contributed by atoms with van der Waals surface area (Å²) in [5, 5.41) is 8.09. The average molecular weight is 617 g/mol. The number of rotatable bonds is 12. The van der Waals surface area contributed by atoms with Gasteiger partial charge in [0.2, 0.25) is 16.0 Å². The molecular weight excluding hydrogens is 573 g/mol. The molecule has 0 saturated carbocycles. The van der Waals surface area contributed by atoms with E-state index in [-0.39, 0.29) is 31.2 Å². The van der Waals surface area contributed by atoms with Crippen LogP contribution in [-0.4, -0.2) is 79.4 Å². The van der Waals surface area contributed by atoms with Crippen molar-refractivity contribution in [3.05, 3.63) is 47.5 Å². The van der Waals surface area contributed by atoms with Crippen molar-refractivity contribution in [3.8, 4) is 17.1 Å². The fourth-order valence-corrected chi connectivity index (χ4v) is 7.51. The SMILES string of the molecule is COC[C@@H]1COc2ccc(C)cc2-c2nnc(N(CC[Si](C)(C)C)S(=O)(=O)[C@@H](C)[C@@H](OC(C)C)c3ncc(C)cn3)n21. The normalized spacial score (nSPS) is 16.8. The summed E-state index contributed by atoms with van der Waals surface area (Å²) < 4.78 is 50.6. The van der Waals surface area contributed by atoms with Crippen molar-refractivity contribution >= 4 is 24.0 Å². The largest absolute Gasteiger partial charge is 0.491 e. The molecule has 0 radical (unpaired) electrons. The molecule has 1 aliphatic heterocycles. The number of ether oxygens (including phenoxy) is 3. The van der Waals surface area contributed by atoms with E-state index in [0.29, 0.717) is 24.0 Å². The highest BCUT2D eigenvalue weighted by atomic mass is 32.2. The van der Waals surface area contributed by atoms with Gasteiger partial charge in [0.1, 0.15) is 23.7 Å². The van der Waals surface area contributed by atoms with E-state index in [4.69, 9.17) is 14.2 Å². The van der Waals surface area contributed by atoms with Crippen LogP contribution in [0.2, 0.25) is 25.7 Å². The number of nitrogens with zero attached hydrogens (tertiary/aromatic N) is 6. The van der Waals surface area contributed by atoms with Gasteiger partial charge in [-0.25, -0.2) is 22.7 Å². The minimum atomic E-state index is -4.07. The third-order valence-corrected chi connectivity index (χ3v) is 11.0. The van der Waals surface area contributed by atoms with Crippen LogP contribution in [0.5, 0.6) is 5.75 Å². The van der Waals surface area contributed by atoms with E-state index in [1.807, 2.05) is 50.5 Å². The summed E-state index contributed by atoms with van der Waals surface area (Å²) in [5.41, 5.74) is 2.67. The zero-order valence-corrected chi connectivity index (χ0v) is 28.0. The monoisotopic (exact) mass is 616 g/mol. The molecule has 1 aromatic carbocycles. The number of benzene rings is 1. The number of hydrogen-bond acceptors (Lipinski definition) is 9. The van der Waals surface area contributed by atoms with Crippen molar-refractivity contribution in [1.29, 1.82) is 0 Å². The molecule has 0 aliphatic carbocycles. The summed E-state index contributed by atoms with van der Waals surface area (Å²) in [6.45, 7) is 16.8. The van der Waals surface area contributed by atoms with Gasteiger partial charge in [-0.15, -0.1) is 10.2 Å². The fraction of sp³-hybridized carbons (Fsp3) is 0.586. The molecule has 4 rings (SSSR count). The molecule has 0 unspecified atom stereocenters. The molecule has 2 aromatic heterocycles. The Labute approximate surface area is 250 Å². The molecule has 0 amide bonds. The van der Waals surface area contributed by atoms with Gasteiger partial charge in [0, 0.05) is 34.1 Å². The van der Waals surface area contributed by atoms with Crippen LogP contribution in [0.3, 0.4) is 0 Å². The van der Waals surface area contributed by atoms with Gasteiger partial charge < -0.3 is 14.2 Å². The minimum Gasteiger partial charge on any atom is -0.491 e. The van der Waals surface area contributed by atoms with Gasteiger partial charge in [-0.1, -0.05) is 31.3 Å². The Bertz CT molecular complexity index is 1470. The number of aryl methyl sites for hydroxylation is 2. The Kier molecular flexibility index (Phi) is 9.75. The summed E-state index contributed by atoms with van der Waals surface area (Å²) in [4.78, 5) is 8.89. The molecule has 230 valence electrons. The van der Waals surface area contributed by atoms with Crippen LogP contribution in [0, 0.1) is 13.8 Å². The summed E-state index contributed by atoms with van der Waals surface area (Å²) in [7, 11) is -4.14. The van der Waals surface area contributed by atoms with E-state index >= 15 is 0 Å². The van der Waals surface area contributed by atoms with Crippen molar-refractivity contribution in [3.63, 3.8) is 0 Å². The number of fused-ring (bicyclic) bond motifs is 3. The van der Waals surface area contributed by atoms with Crippen LogP contribution in [0.1, 0.15) is 49.9 Å². The summed E-state index contributed by atoms with van der Waals surface area (Å²) >= 11 is 0. The molecule has 1 aliphatic rings. The van der Waals surface area contributed by atoms with E-state index in [1.165, 1.54) is 4.31 Å². The third kappa shape index (κ3) is 7.01. The van der Waals surface area contributed by atoms with E-state index in [0.717, 1.165) is 22.7 Å². The van der Waals surface area contributed by atoms with Crippen molar-refractivity contribution in [2.24, 2.45) is 0 Å². The molecular formula is C29H44N6O5SSi. The molecule has 11 nitrogen and oxygen atoms in total. The quantitative estimate of drug-likeness (QED) is 0.260. The zero-order chi connectivity index (χ0) is 30.8. The lowest BCUT2D eigenvalue weighted by Crippen LogP contribution is -2.45. The van der Waals surface area contributed by atoms with E-state index in [1.54, 1.807) is 26.4 Å². The Morgan fingerprint density at radius 2 is 1.79 bits per heavy atom. The lowest BCUT2D eigenvalue weighted by molar-refractivity contribution is 0.00139. The van der Waals surface area contributed by atoms with Gasteiger partial charge in [0.25, 0.3) is 0 Å². The summed E-state index contributed by atoms with van der Waals surface area (Å²) in [6, 6.07) is 6.24. The lowest BCUT2D eigenvalue weighted by Gasteiger charge is -2.33. The molecule has 3 heterocycles. The zero-order valence-electron chi connectivity index (χ0n) is 26.2. The minimum absolute atomic E-state index is 0.239.